The number of nitrogens with zero attached hydrogens (tertiary/aromatic N) is 2. The van der Waals surface area contributed by atoms with Gasteiger partial charge in [-0.2, -0.15) is 5.26 Å². The van der Waals surface area contributed by atoms with Crippen LogP contribution in [0.2, 0.25) is 0 Å². The average Bonchev–Trinajstić information content (AvgIpc) is 3.13. The Morgan fingerprint density at radius 2 is 1.88 bits per heavy atom. The third-order valence-corrected chi connectivity index (χ3v) is 6.60. The van der Waals surface area contributed by atoms with Crippen LogP contribution < -0.4 is 0 Å². The standard InChI is InChI=1S/C18H18N2O4S/c19-12-14-3-5-15(6-4-14)18(21)20-9-7-17(8-10-20)25(22,23)13-16-2-1-11-24-16/h1-6,11,17H,7-10,13H2. The second kappa shape index (κ2) is 7.11. The summed E-state index contributed by atoms with van der Waals surface area (Å²) in [6, 6.07) is 11.8. The van der Waals surface area contributed by atoms with Crippen molar-refractivity contribution < 1.29 is 17.6 Å². The van der Waals surface area contributed by atoms with E-state index in [0.29, 0.717) is 42.8 Å². The molecule has 130 valence electrons. The van der Waals surface area contributed by atoms with Crippen LogP contribution in [0.1, 0.15) is 34.5 Å². The number of likely N-dealkylation sites (tertiary alicyclic amines) is 1. The fraction of sp³-hybridized carbons (Fsp3) is 0.333. The van der Waals surface area contributed by atoms with Crippen LogP contribution in [0.25, 0.3) is 0 Å². The molecule has 1 aliphatic heterocycles. The molecule has 1 aromatic carbocycles. The molecule has 6 nitrogen and oxygen atoms in total. The first-order valence-electron chi connectivity index (χ1n) is 8.03. The van der Waals surface area contributed by atoms with Crippen molar-refractivity contribution in [3.05, 3.63) is 59.5 Å². The number of hydrogen-bond donors (Lipinski definition) is 0. The molecule has 7 heteroatoms. The van der Waals surface area contributed by atoms with Gasteiger partial charge in [-0.3, -0.25) is 4.79 Å². The van der Waals surface area contributed by atoms with Gasteiger partial charge >= 0.3 is 0 Å². The van der Waals surface area contributed by atoms with E-state index >= 15 is 0 Å². The molecule has 0 N–H and O–H groups in total. The molecule has 1 aliphatic rings. The van der Waals surface area contributed by atoms with Crippen molar-refractivity contribution >= 4 is 15.7 Å². The minimum Gasteiger partial charge on any atom is -0.468 e. The number of benzene rings is 1. The van der Waals surface area contributed by atoms with Crippen LogP contribution in [0.5, 0.6) is 0 Å². The molecular formula is C18H18N2O4S. The summed E-state index contributed by atoms with van der Waals surface area (Å²) in [6.07, 6.45) is 2.31. The van der Waals surface area contributed by atoms with E-state index < -0.39 is 15.1 Å². The van der Waals surface area contributed by atoms with Crippen LogP contribution in [0.4, 0.5) is 0 Å². The van der Waals surface area contributed by atoms with E-state index in [9.17, 15) is 13.2 Å². The van der Waals surface area contributed by atoms with E-state index in [1.807, 2.05) is 6.07 Å². The molecule has 0 aliphatic carbocycles. The monoisotopic (exact) mass is 358 g/mol. The molecule has 0 spiro atoms. The smallest absolute Gasteiger partial charge is 0.253 e. The molecule has 1 saturated heterocycles. The predicted octanol–water partition coefficient (Wildman–Crippen LogP) is 2.37. The minimum absolute atomic E-state index is 0.103. The first-order chi connectivity index (χ1) is 12.0. The summed E-state index contributed by atoms with van der Waals surface area (Å²) in [5.41, 5.74) is 1.01. The highest BCUT2D eigenvalue weighted by Gasteiger charge is 2.32. The van der Waals surface area contributed by atoms with Crippen LogP contribution in [0.3, 0.4) is 0 Å². The maximum absolute atomic E-state index is 12.5. The second-order valence-electron chi connectivity index (χ2n) is 6.07. The lowest BCUT2D eigenvalue weighted by Crippen LogP contribution is -2.42. The molecule has 1 fully saturated rings. The summed E-state index contributed by atoms with van der Waals surface area (Å²) in [5, 5.41) is 8.35. The first-order valence-corrected chi connectivity index (χ1v) is 9.74. The van der Waals surface area contributed by atoms with Crippen molar-refractivity contribution in [2.75, 3.05) is 13.1 Å². The van der Waals surface area contributed by atoms with Gasteiger partial charge in [-0.25, -0.2) is 8.42 Å². The SMILES string of the molecule is N#Cc1ccc(C(=O)N2CCC(S(=O)(=O)Cc3ccco3)CC2)cc1. The molecule has 1 amide bonds. The summed E-state index contributed by atoms with van der Waals surface area (Å²) >= 11 is 0. The largest absolute Gasteiger partial charge is 0.468 e. The fourth-order valence-electron chi connectivity index (χ4n) is 3.00. The van der Waals surface area contributed by atoms with Gasteiger partial charge in [0.25, 0.3) is 5.91 Å². The van der Waals surface area contributed by atoms with Gasteiger partial charge in [-0.05, 0) is 49.2 Å². The number of carbonyl (C=O) groups is 1. The lowest BCUT2D eigenvalue weighted by molar-refractivity contribution is 0.0725. The highest BCUT2D eigenvalue weighted by atomic mass is 32.2. The Kier molecular flexibility index (Phi) is 4.91. The highest BCUT2D eigenvalue weighted by molar-refractivity contribution is 7.91. The number of rotatable bonds is 4. The Hall–Kier alpha value is -2.59. The Bertz CT molecular complexity index is 872. The summed E-state index contributed by atoms with van der Waals surface area (Å²) in [7, 11) is -3.30. The van der Waals surface area contributed by atoms with Crippen LogP contribution >= 0.6 is 0 Å². The Labute approximate surface area is 146 Å². The number of nitriles is 1. The average molecular weight is 358 g/mol. The van der Waals surface area contributed by atoms with Gasteiger partial charge in [0.2, 0.25) is 0 Å². The second-order valence-corrected chi connectivity index (χ2v) is 8.35. The number of hydrogen-bond acceptors (Lipinski definition) is 5. The summed E-state index contributed by atoms with van der Waals surface area (Å²) in [5.74, 6) is 0.205. The van der Waals surface area contributed by atoms with Crippen LogP contribution in [0.15, 0.2) is 47.1 Å². The van der Waals surface area contributed by atoms with E-state index in [1.165, 1.54) is 6.26 Å². The Morgan fingerprint density at radius 1 is 1.20 bits per heavy atom. The van der Waals surface area contributed by atoms with Crippen molar-refractivity contribution in [3.63, 3.8) is 0 Å². The number of furan rings is 1. The lowest BCUT2D eigenvalue weighted by atomic mass is 10.1. The van der Waals surface area contributed by atoms with Gasteiger partial charge in [0.15, 0.2) is 9.84 Å². The number of piperidine rings is 1. The highest BCUT2D eigenvalue weighted by Crippen LogP contribution is 2.23. The van der Waals surface area contributed by atoms with Gasteiger partial charge in [-0.15, -0.1) is 0 Å². The maximum Gasteiger partial charge on any atom is 0.253 e. The number of sulfone groups is 1. The van der Waals surface area contributed by atoms with Gasteiger partial charge in [0, 0.05) is 18.7 Å². The summed E-state index contributed by atoms with van der Waals surface area (Å²) in [4.78, 5) is 14.2. The number of carbonyl (C=O) groups excluding carboxylic acids is 1. The van der Waals surface area contributed by atoms with Gasteiger partial charge < -0.3 is 9.32 Å². The van der Waals surface area contributed by atoms with Crippen LogP contribution in [0, 0.1) is 11.3 Å². The van der Waals surface area contributed by atoms with Crippen molar-refractivity contribution in [3.8, 4) is 6.07 Å². The maximum atomic E-state index is 12.5. The molecule has 0 atom stereocenters. The quantitative estimate of drug-likeness (QED) is 0.837. The van der Waals surface area contributed by atoms with Gasteiger partial charge in [0.05, 0.1) is 23.1 Å². The zero-order valence-electron chi connectivity index (χ0n) is 13.6. The molecule has 0 saturated carbocycles. The number of amides is 1. The predicted molar refractivity (Wildman–Crippen MR) is 91.4 cm³/mol. The molecule has 2 heterocycles. The van der Waals surface area contributed by atoms with Crippen molar-refractivity contribution in [1.82, 2.24) is 4.90 Å². The van der Waals surface area contributed by atoms with Crippen LogP contribution in [-0.4, -0.2) is 37.6 Å². The summed E-state index contributed by atoms with van der Waals surface area (Å²) < 4.78 is 30.1. The van der Waals surface area contributed by atoms with Crippen molar-refractivity contribution in [2.24, 2.45) is 0 Å². The Morgan fingerprint density at radius 3 is 2.44 bits per heavy atom. The third-order valence-electron chi connectivity index (χ3n) is 4.42. The molecule has 2 aromatic rings. The van der Waals surface area contributed by atoms with Crippen LogP contribution in [-0.2, 0) is 15.6 Å². The molecule has 25 heavy (non-hydrogen) atoms. The van der Waals surface area contributed by atoms with E-state index in [-0.39, 0.29) is 11.7 Å². The molecule has 3 rings (SSSR count). The lowest BCUT2D eigenvalue weighted by Gasteiger charge is -2.31. The summed E-state index contributed by atoms with van der Waals surface area (Å²) in [6.45, 7) is 0.807. The topological polar surface area (TPSA) is 91.4 Å². The zero-order valence-corrected chi connectivity index (χ0v) is 14.4. The molecule has 0 unspecified atom stereocenters. The van der Waals surface area contributed by atoms with E-state index in [0.717, 1.165) is 0 Å². The zero-order chi connectivity index (χ0) is 17.9. The molecule has 1 aromatic heterocycles. The van der Waals surface area contributed by atoms with E-state index in [4.69, 9.17) is 9.68 Å². The molecule has 0 radical (unpaired) electrons. The van der Waals surface area contributed by atoms with E-state index in [1.54, 1.807) is 41.3 Å². The Balaban J connectivity index is 1.61. The van der Waals surface area contributed by atoms with E-state index in [2.05, 4.69) is 0 Å². The minimum atomic E-state index is -3.30. The van der Waals surface area contributed by atoms with Crippen molar-refractivity contribution in [2.45, 2.75) is 23.8 Å². The van der Waals surface area contributed by atoms with Crippen molar-refractivity contribution in [1.29, 1.82) is 5.26 Å². The molecular weight excluding hydrogens is 340 g/mol. The first kappa shape index (κ1) is 17.2. The van der Waals surface area contributed by atoms with Gasteiger partial charge in [0.1, 0.15) is 11.5 Å². The van der Waals surface area contributed by atoms with Gasteiger partial charge in [-0.1, -0.05) is 0 Å². The normalized spacial score (nSPS) is 15.7. The molecule has 0 bridgehead atoms. The fourth-order valence-corrected chi connectivity index (χ4v) is 4.72. The third kappa shape index (κ3) is 3.91.